The number of rotatable bonds is 9. The zero-order valence-corrected chi connectivity index (χ0v) is 18.5. The van der Waals surface area contributed by atoms with Crippen LogP contribution in [0.2, 0.25) is 0 Å². The summed E-state index contributed by atoms with van der Waals surface area (Å²) in [4.78, 5) is 36.3. The van der Waals surface area contributed by atoms with Crippen LogP contribution in [-0.2, 0) is 19.1 Å². The third-order valence-electron chi connectivity index (χ3n) is 4.87. The Hall–Kier alpha value is -2.81. The van der Waals surface area contributed by atoms with E-state index in [-0.39, 0.29) is 12.0 Å². The Morgan fingerprint density at radius 2 is 1.84 bits per heavy atom. The fourth-order valence-corrected chi connectivity index (χ4v) is 3.17. The maximum Gasteiger partial charge on any atom is 0.337 e. The number of nitrogens with one attached hydrogen (secondary N) is 1. The average molecular weight is 434 g/mol. The van der Waals surface area contributed by atoms with Crippen LogP contribution >= 0.6 is 0 Å². The highest BCUT2D eigenvalue weighted by molar-refractivity contribution is 6.11. The molecule has 31 heavy (non-hydrogen) atoms. The van der Waals surface area contributed by atoms with Gasteiger partial charge in [0.15, 0.2) is 11.5 Å². The first kappa shape index (κ1) is 26.2. The van der Waals surface area contributed by atoms with E-state index >= 15 is 0 Å². The highest BCUT2D eigenvalue weighted by Crippen LogP contribution is 2.29. The molecule has 1 aliphatic rings. The van der Waals surface area contributed by atoms with E-state index in [0.717, 1.165) is 11.1 Å². The number of aliphatic hydroxyl groups is 3. The van der Waals surface area contributed by atoms with Gasteiger partial charge in [-0.25, -0.2) is 4.79 Å². The van der Waals surface area contributed by atoms with Crippen molar-refractivity contribution in [3.63, 3.8) is 0 Å². The quantitative estimate of drug-likeness (QED) is 0.186. The molecule has 0 aromatic rings. The van der Waals surface area contributed by atoms with Crippen molar-refractivity contribution in [2.75, 3.05) is 13.7 Å². The summed E-state index contributed by atoms with van der Waals surface area (Å²) in [5.74, 6) is -3.27. The van der Waals surface area contributed by atoms with Crippen molar-refractivity contribution in [2.45, 2.75) is 45.9 Å². The van der Waals surface area contributed by atoms with E-state index in [0.29, 0.717) is 5.57 Å². The number of allylic oxidation sites excluding steroid dienone is 8. The van der Waals surface area contributed by atoms with Gasteiger partial charge in [-0.05, 0) is 39.3 Å². The Kier molecular flexibility index (Phi) is 9.77. The second-order valence-corrected chi connectivity index (χ2v) is 7.39. The molecule has 1 rings (SSSR count). The lowest BCUT2D eigenvalue weighted by atomic mass is 9.90. The molecule has 0 spiro atoms. The lowest BCUT2D eigenvalue weighted by molar-refractivity contribution is -0.136. The first-order valence-corrected chi connectivity index (χ1v) is 9.84. The fraction of sp³-hybridized carbons (Fsp3) is 0.435. The monoisotopic (exact) mass is 433 g/mol. The first-order valence-electron chi connectivity index (χ1n) is 9.84. The molecular weight excluding hydrogens is 402 g/mol. The summed E-state index contributed by atoms with van der Waals surface area (Å²) < 4.78 is 4.71. The van der Waals surface area contributed by atoms with E-state index in [1.54, 1.807) is 31.2 Å². The van der Waals surface area contributed by atoms with Crippen LogP contribution in [0, 0.1) is 5.92 Å². The summed E-state index contributed by atoms with van der Waals surface area (Å²) in [6, 6.07) is 0. The third-order valence-corrected chi connectivity index (χ3v) is 4.87. The smallest absolute Gasteiger partial charge is 0.337 e. The number of carbonyl (C=O) groups excluding carboxylic acids is 3. The lowest BCUT2D eigenvalue weighted by Gasteiger charge is -2.26. The Balaban J connectivity index is 2.91. The summed E-state index contributed by atoms with van der Waals surface area (Å²) in [6.07, 6.45) is 8.14. The van der Waals surface area contributed by atoms with Crippen LogP contribution in [0.25, 0.3) is 0 Å². The molecule has 3 atom stereocenters. The first-order chi connectivity index (χ1) is 14.5. The number of methoxy groups -OCH3 is 1. The van der Waals surface area contributed by atoms with Gasteiger partial charge in [0.05, 0.1) is 12.7 Å². The van der Waals surface area contributed by atoms with Crippen molar-refractivity contribution >= 4 is 17.7 Å². The van der Waals surface area contributed by atoms with Crippen LogP contribution in [0.15, 0.2) is 58.7 Å². The predicted molar refractivity (Wildman–Crippen MR) is 115 cm³/mol. The van der Waals surface area contributed by atoms with Gasteiger partial charge in [0, 0.05) is 13.0 Å². The molecule has 8 heteroatoms. The number of ketones is 1. The number of ether oxygens (including phenoxy) is 1. The number of aliphatic hydroxyl groups excluding tert-OH is 2. The normalized spacial score (nSPS) is 25.7. The third kappa shape index (κ3) is 6.85. The van der Waals surface area contributed by atoms with E-state index in [4.69, 9.17) is 9.84 Å². The zero-order chi connectivity index (χ0) is 23.8. The molecule has 1 fully saturated rings. The summed E-state index contributed by atoms with van der Waals surface area (Å²) in [6.45, 7) is 6.47. The lowest BCUT2D eigenvalue weighted by Crippen LogP contribution is -2.50. The Morgan fingerprint density at radius 3 is 2.39 bits per heavy atom. The molecule has 1 saturated heterocycles. The van der Waals surface area contributed by atoms with Gasteiger partial charge < -0.3 is 25.4 Å². The number of hydrogen-bond donors (Lipinski definition) is 4. The minimum Gasteiger partial charge on any atom is -0.465 e. The maximum absolute atomic E-state index is 12.6. The van der Waals surface area contributed by atoms with Crippen LogP contribution in [0.3, 0.4) is 0 Å². The molecule has 0 radical (unpaired) electrons. The van der Waals surface area contributed by atoms with E-state index in [1.165, 1.54) is 20.1 Å². The molecule has 4 N–H and O–H groups in total. The SMILES string of the molecule is CC=C(C=C(C)C=C(C)C=CC=C(C)C(=O)[C@H]1C(=O)N[C@](O)(CCO)[C@@H]1O)C(=O)OC. The standard InChI is InChI=1S/C23H31NO7/c1-6-17(22(29)31-5)13-15(3)12-14(2)8-7-9-16(4)19(26)18-20(27)23(30,10-11-25)24-21(18)28/h6-9,12-13,18,20,25,27,30H,10-11H2,1-5H3,(H,24,28)/t18-,20-,23+/m1/s1. The van der Waals surface area contributed by atoms with Gasteiger partial charge in [0.25, 0.3) is 0 Å². The molecular formula is C23H31NO7. The molecule has 1 aliphatic heterocycles. The van der Waals surface area contributed by atoms with Crippen LogP contribution in [0.4, 0.5) is 0 Å². The van der Waals surface area contributed by atoms with Crippen LogP contribution < -0.4 is 5.32 Å². The van der Waals surface area contributed by atoms with E-state index < -0.39 is 42.0 Å². The summed E-state index contributed by atoms with van der Waals surface area (Å²) >= 11 is 0. The van der Waals surface area contributed by atoms with Gasteiger partial charge >= 0.3 is 5.97 Å². The molecule has 0 bridgehead atoms. The van der Waals surface area contributed by atoms with Gasteiger partial charge in [-0.15, -0.1) is 0 Å². The van der Waals surface area contributed by atoms with Gasteiger partial charge in [0.2, 0.25) is 5.91 Å². The van der Waals surface area contributed by atoms with Crippen molar-refractivity contribution in [1.29, 1.82) is 0 Å². The van der Waals surface area contributed by atoms with Crippen molar-refractivity contribution in [1.82, 2.24) is 5.32 Å². The number of carbonyl (C=O) groups is 3. The fourth-order valence-electron chi connectivity index (χ4n) is 3.17. The summed E-state index contributed by atoms with van der Waals surface area (Å²) in [7, 11) is 1.32. The molecule has 1 amide bonds. The number of esters is 1. The van der Waals surface area contributed by atoms with E-state index in [9.17, 15) is 24.6 Å². The summed E-state index contributed by atoms with van der Waals surface area (Å²) in [5.41, 5.74) is 0.309. The second-order valence-electron chi connectivity index (χ2n) is 7.39. The van der Waals surface area contributed by atoms with Gasteiger partial charge in [-0.2, -0.15) is 0 Å². The zero-order valence-electron chi connectivity index (χ0n) is 18.5. The largest absolute Gasteiger partial charge is 0.465 e. The topological polar surface area (TPSA) is 133 Å². The van der Waals surface area contributed by atoms with Gasteiger partial charge in [-0.1, -0.05) is 41.5 Å². The van der Waals surface area contributed by atoms with Crippen molar-refractivity contribution in [3.05, 3.63) is 58.7 Å². The maximum atomic E-state index is 12.6. The molecule has 0 aliphatic carbocycles. The van der Waals surface area contributed by atoms with Gasteiger partial charge in [-0.3, -0.25) is 9.59 Å². The van der Waals surface area contributed by atoms with Crippen LogP contribution in [-0.4, -0.2) is 58.5 Å². The molecule has 170 valence electrons. The number of amides is 1. The molecule has 0 aromatic carbocycles. The van der Waals surface area contributed by atoms with E-state index in [2.05, 4.69) is 5.32 Å². The Bertz CT molecular complexity index is 863. The van der Waals surface area contributed by atoms with Crippen LogP contribution in [0.1, 0.15) is 34.1 Å². The van der Waals surface area contributed by atoms with Crippen molar-refractivity contribution in [3.8, 4) is 0 Å². The predicted octanol–water partition coefficient (Wildman–Crippen LogP) is 1.25. The number of Topliss-reactive ketones (excluding diaryl/α,β-unsaturated/α-hetero) is 1. The van der Waals surface area contributed by atoms with Crippen molar-refractivity contribution < 1.29 is 34.4 Å². The second kappa shape index (κ2) is 11.5. The molecule has 0 saturated carbocycles. The van der Waals surface area contributed by atoms with Crippen LogP contribution in [0.5, 0.6) is 0 Å². The highest BCUT2D eigenvalue weighted by Gasteiger charge is 2.54. The molecule has 0 unspecified atom stereocenters. The molecule has 8 nitrogen and oxygen atoms in total. The molecule has 1 heterocycles. The highest BCUT2D eigenvalue weighted by atomic mass is 16.5. The summed E-state index contributed by atoms with van der Waals surface area (Å²) in [5, 5.41) is 31.6. The average Bonchev–Trinajstić information content (AvgIpc) is 2.93. The number of hydrogen-bond acceptors (Lipinski definition) is 7. The minimum atomic E-state index is -2.03. The minimum absolute atomic E-state index is 0.227. The van der Waals surface area contributed by atoms with E-state index in [1.807, 2.05) is 19.9 Å². The van der Waals surface area contributed by atoms with Gasteiger partial charge in [0.1, 0.15) is 12.0 Å². The van der Waals surface area contributed by atoms with Crippen molar-refractivity contribution in [2.24, 2.45) is 5.92 Å². The Morgan fingerprint density at radius 1 is 1.19 bits per heavy atom. The molecule has 0 aromatic heterocycles. The Labute approximate surface area is 182 Å².